The van der Waals surface area contributed by atoms with Gasteiger partial charge in [-0.15, -0.1) is 6.58 Å². The van der Waals surface area contributed by atoms with E-state index >= 15 is 0 Å². The number of carbonyl (C=O) groups excluding carboxylic acids is 1. The smallest absolute Gasteiger partial charge is 0.259 e. The van der Waals surface area contributed by atoms with Crippen molar-refractivity contribution in [1.29, 1.82) is 0 Å². The number of aromatic amines is 1. The average molecular weight is 208 g/mol. The van der Waals surface area contributed by atoms with Gasteiger partial charge in [-0.2, -0.15) is 5.10 Å². The van der Waals surface area contributed by atoms with E-state index in [4.69, 9.17) is 5.73 Å². The minimum atomic E-state index is -0.129. The molecule has 0 fully saturated rings. The molecule has 82 valence electrons. The van der Waals surface area contributed by atoms with Gasteiger partial charge in [-0.05, 0) is 13.8 Å². The van der Waals surface area contributed by atoms with Gasteiger partial charge in [0, 0.05) is 12.6 Å². The Bertz CT molecular complexity index is 356. The van der Waals surface area contributed by atoms with Crippen LogP contribution < -0.4 is 5.73 Å². The van der Waals surface area contributed by atoms with E-state index in [2.05, 4.69) is 16.8 Å². The van der Waals surface area contributed by atoms with Crippen LogP contribution in [0.25, 0.3) is 0 Å². The minimum absolute atomic E-state index is 0.102. The number of nitrogens with one attached hydrogen (secondary N) is 1. The van der Waals surface area contributed by atoms with Crippen molar-refractivity contribution < 1.29 is 4.79 Å². The summed E-state index contributed by atoms with van der Waals surface area (Å²) in [4.78, 5) is 13.7. The summed E-state index contributed by atoms with van der Waals surface area (Å²) in [7, 11) is 0. The summed E-state index contributed by atoms with van der Waals surface area (Å²) >= 11 is 0. The number of hydrogen-bond donors (Lipinski definition) is 2. The zero-order chi connectivity index (χ0) is 11.4. The van der Waals surface area contributed by atoms with Gasteiger partial charge >= 0.3 is 0 Å². The Hall–Kier alpha value is -1.78. The van der Waals surface area contributed by atoms with Gasteiger partial charge in [-0.25, -0.2) is 0 Å². The molecule has 0 atom stereocenters. The number of hydrogen-bond acceptors (Lipinski definition) is 3. The van der Waals surface area contributed by atoms with Crippen LogP contribution >= 0.6 is 0 Å². The second-order valence-electron chi connectivity index (χ2n) is 3.54. The molecule has 0 aliphatic carbocycles. The fourth-order valence-corrected chi connectivity index (χ4v) is 1.29. The first-order valence-electron chi connectivity index (χ1n) is 4.78. The van der Waals surface area contributed by atoms with E-state index in [0.29, 0.717) is 17.9 Å². The lowest BCUT2D eigenvalue weighted by atomic mass is 10.2. The molecule has 0 radical (unpaired) electrons. The molecule has 0 saturated carbocycles. The van der Waals surface area contributed by atoms with E-state index < -0.39 is 0 Å². The van der Waals surface area contributed by atoms with E-state index in [1.807, 2.05) is 13.8 Å². The molecule has 1 heterocycles. The highest BCUT2D eigenvalue weighted by molar-refractivity contribution is 5.98. The monoisotopic (exact) mass is 208 g/mol. The topological polar surface area (TPSA) is 75.0 Å². The number of H-pyrrole nitrogens is 1. The van der Waals surface area contributed by atoms with Gasteiger partial charge in [0.25, 0.3) is 5.91 Å². The van der Waals surface area contributed by atoms with Crippen molar-refractivity contribution in [3.05, 3.63) is 24.4 Å². The molecular formula is C10H16N4O. The van der Waals surface area contributed by atoms with Crippen LogP contribution in [0.3, 0.4) is 0 Å². The zero-order valence-electron chi connectivity index (χ0n) is 9.03. The quantitative estimate of drug-likeness (QED) is 0.725. The van der Waals surface area contributed by atoms with Crippen molar-refractivity contribution in [2.45, 2.75) is 19.9 Å². The molecule has 0 aliphatic heterocycles. The van der Waals surface area contributed by atoms with Crippen LogP contribution in [0.2, 0.25) is 0 Å². The van der Waals surface area contributed by atoms with Crippen LogP contribution in [0.5, 0.6) is 0 Å². The Morgan fingerprint density at radius 3 is 2.87 bits per heavy atom. The number of anilines is 1. The fraction of sp³-hybridized carbons (Fsp3) is 0.400. The third kappa shape index (κ3) is 2.37. The molecule has 0 bridgehead atoms. The van der Waals surface area contributed by atoms with E-state index in [9.17, 15) is 4.79 Å². The molecule has 1 amide bonds. The summed E-state index contributed by atoms with van der Waals surface area (Å²) in [5.74, 6) is 0.172. The van der Waals surface area contributed by atoms with Gasteiger partial charge in [-0.1, -0.05) is 6.08 Å². The molecule has 1 aromatic rings. The molecule has 0 unspecified atom stereocenters. The molecule has 5 heteroatoms. The summed E-state index contributed by atoms with van der Waals surface area (Å²) in [5, 5.41) is 6.26. The van der Waals surface area contributed by atoms with E-state index in [0.717, 1.165) is 0 Å². The Morgan fingerprint density at radius 1 is 1.80 bits per heavy atom. The molecule has 15 heavy (non-hydrogen) atoms. The third-order valence-electron chi connectivity index (χ3n) is 2.11. The Kier molecular flexibility index (Phi) is 3.49. The first kappa shape index (κ1) is 11.3. The summed E-state index contributed by atoms with van der Waals surface area (Å²) in [6.07, 6.45) is 3.13. The van der Waals surface area contributed by atoms with Gasteiger partial charge in [-0.3, -0.25) is 9.89 Å². The average Bonchev–Trinajstić information content (AvgIpc) is 2.59. The zero-order valence-corrected chi connectivity index (χ0v) is 9.03. The standard InChI is InChI=1S/C10H16N4O/c1-4-5-14(7(2)3)10(15)8-6-12-13-9(8)11/h4,6-7H,1,5H2,2-3H3,(H3,11,12,13). The number of rotatable bonds is 4. The Balaban J connectivity index is 2.90. The van der Waals surface area contributed by atoms with Crippen molar-refractivity contribution in [2.24, 2.45) is 0 Å². The fourth-order valence-electron chi connectivity index (χ4n) is 1.29. The summed E-state index contributed by atoms with van der Waals surface area (Å²) < 4.78 is 0. The molecule has 0 aromatic carbocycles. The molecule has 0 spiro atoms. The first-order valence-corrected chi connectivity index (χ1v) is 4.78. The van der Waals surface area contributed by atoms with Crippen molar-refractivity contribution in [3.63, 3.8) is 0 Å². The van der Waals surface area contributed by atoms with Crippen LogP contribution in [0.4, 0.5) is 5.82 Å². The number of nitrogens with two attached hydrogens (primary N) is 1. The maximum Gasteiger partial charge on any atom is 0.259 e. The van der Waals surface area contributed by atoms with Gasteiger partial charge in [0.2, 0.25) is 0 Å². The normalized spacial score (nSPS) is 10.3. The highest BCUT2D eigenvalue weighted by Crippen LogP contribution is 2.12. The van der Waals surface area contributed by atoms with Gasteiger partial charge in [0.15, 0.2) is 0 Å². The van der Waals surface area contributed by atoms with Gasteiger partial charge in [0.05, 0.1) is 6.20 Å². The van der Waals surface area contributed by atoms with Crippen molar-refractivity contribution in [3.8, 4) is 0 Å². The predicted octanol–water partition coefficient (Wildman–Crippen LogP) is 1.03. The van der Waals surface area contributed by atoms with Gasteiger partial charge in [0.1, 0.15) is 11.4 Å². The molecule has 3 N–H and O–H groups in total. The third-order valence-corrected chi connectivity index (χ3v) is 2.11. The maximum atomic E-state index is 12.0. The molecule has 0 aliphatic rings. The molecular weight excluding hydrogens is 192 g/mol. The number of carbonyl (C=O) groups is 1. The van der Waals surface area contributed by atoms with E-state index in [-0.39, 0.29) is 11.9 Å². The largest absolute Gasteiger partial charge is 0.383 e. The summed E-state index contributed by atoms with van der Waals surface area (Å²) in [6.45, 7) is 8.01. The summed E-state index contributed by atoms with van der Waals surface area (Å²) in [5.41, 5.74) is 5.99. The van der Waals surface area contributed by atoms with Crippen LogP contribution in [-0.2, 0) is 0 Å². The second-order valence-corrected chi connectivity index (χ2v) is 3.54. The van der Waals surface area contributed by atoms with Crippen LogP contribution in [-0.4, -0.2) is 33.6 Å². The molecule has 0 saturated heterocycles. The van der Waals surface area contributed by atoms with Gasteiger partial charge < -0.3 is 10.6 Å². The van der Waals surface area contributed by atoms with Crippen LogP contribution in [0.1, 0.15) is 24.2 Å². The summed E-state index contributed by atoms with van der Waals surface area (Å²) in [6, 6.07) is 0.102. The lowest BCUT2D eigenvalue weighted by molar-refractivity contribution is 0.0730. The number of nitrogens with zero attached hydrogens (tertiary/aromatic N) is 2. The highest BCUT2D eigenvalue weighted by atomic mass is 16.2. The number of aromatic nitrogens is 2. The molecule has 5 nitrogen and oxygen atoms in total. The second kappa shape index (κ2) is 4.63. The van der Waals surface area contributed by atoms with Crippen LogP contribution in [0.15, 0.2) is 18.9 Å². The van der Waals surface area contributed by atoms with Crippen molar-refractivity contribution >= 4 is 11.7 Å². The Labute approximate surface area is 89.0 Å². The predicted molar refractivity (Wildman–Crippen MR) is 59.4 cm³/mol. The Morgan fingerprint density at radius 2 is 2.47 bits per heavy atom. The lowest BCUT2D eigenvalue weighted by Gasteiger charge is -2.24. The van der Waals surface area contributed by atoms with Crippen LogP contribution in [0, 0.1) is 0 Å². The highest BCUT2D eigenvalue weighted by Gasteiger charge is 2.20. The number of amides is 1. The lowest BCUT2D eigenvalue weighted by Crippen LogP contribution is -2.37. The van der Waals surface area contributed by atoms with E-state index in [1.54, 1.807) is 11.0 Å². The maximum absolute atomic E-state index is 12.0. The van der Waals surface area contributed by atoms with Crippen molar-refractivity contribution in [2.75, 3.05) is 12.3 Å². The SMILES string of the molecule is C=CCN(C(=O)c1cn[nH]c1N)C(C)C. The van der Waals surface area contributed by atoms with E-state index in [1.165, 1.54) is 6.20 Å². The number of nitrogen functional groups attached to an aromatic ring is 1. The molecule has 1 aromatic heterocycles. The first-order chi connectivity index (χ1) is 7.07. The molecule has 1 rings (SSSR count). The minimum Gasteiger partial charge on any atom is -0.383 e. The van der Waals surface area contributed by atoms with Crippen molar-refractivity contribution in [1.82, 2.24) is 15.1 Å².